The molecule has 0 aromatic heterocycles. The van der Waals surface area contributed by atoms with E-state index in [9.17, 15) is 4.57 Å². The van der Waals surface area contributed by atoms with E-state index in [2.05, 4.69) is 77.9 Å². The van der Waals surface area contributed by atoms with E-state index in [1.807, 2.05) is 0 Å². The predicted octanol–water partition coefficient (Wildman–Crippen LogP) is 4.64. The Morgan fingerprint density at radius 3 is 1.19 bits per heavy atom. The molecule has 0 aliphatic carbocycles. The molecule has 2 aromatic rings. The zero-order chi connectivity index (χ0) is 15.8. The molecule has 0 bridgehead atoms. The molecule has 0 spiro atoms. The fourth-order valence-corrected chi connectivity index (χ4v) is 6.10. The molecule has 0 unspecified atom stereocenters. The summed E-state index contributed by atoms with van der Waals surface area (Å²) in [4.78, 5) is 0. The molecule has 0 heterocycles. The van der Waals surface area contributed by atoms with Crippen LogP contribution in [0.4, 0.5) is 0 Å². The van der Waals surface area contributed by atoms with Crippen LogP contribution in [0.25, 0.3) is 0 Å². The van der Waals surface area contributed by atoms with Crippen molar-refractivity contribution >= 4 is 17.8 Å². The SMILES string of the molecule is Cc1cc(C)cc(P(=O)(c2cc(C)cc(C)c2)C(C)C)c1. The van der Waals surface area contributed by atoms with Gasteiger partial charge < -0.3 is 4.57 Å². The van der Waals surface area contributed by atoms with Crippen LogP contribution in [-0.2, 0) is 4.57 Å². The van der Waals surface area contributed by atoms with Crippen LogP contribution in [0.2, 0.25) is 0 Å². The number of benzene rings is 2. The molecule has 2 aromatic carbocycles. The van der Waals surface area contributed by atoms with E-state index < -0.39 is 7.14 Å². The molecule has 2 heteroatoms. The van der Waals surface area contributed by atoms with Crippen molar-refractivity contribution in [3.8, 4) is 0 Å². The molecule has 0 N–H and O–H groups in total. The molecule has 2 rings (SSSR count). The minimum absolute atomic E-state index is 0.0971. The quantitative estimate of drug-likeness (QED) is 0.755. The van der Waals surface area contributed by atoms with Crippen molar-refractivity contribution in [3.05, 3.63) is 58.7 Å². The third-order valence-electron chi connectivity index (χ3n) is 3.91. The molecule has 0 aliphatic heterocycles. The van der Waals surface area contributed by atoms with Gasteiger partial charge in [-0.15, -0.1) is 0 Å². The van der Waals surface area contributed by atoms with Gasteiger partial charge in [0.15, 0.2) is 0 Å². The first-order valence-electron chi connectivity index (χ1n) is 7.51. The molecule has 0 amide bonds. The highest BCUT2D eigenvalue weighted by molar-refractivity contribution is 7.79. The molecule has 1 nitrogen and oxygen atoms in total. The van der Waals surface area contributed by atoms with E-state index >= 15 is 0 Å². The first-order valence-corrected chi connectivity index (χ1v) is 9.28. The number of aryl methyl sites for hydroxylation is 4. The minimum atomic E-state index is -2.60. The molecule has 112 valence electrons. The second-order valence-electron chi connectivity index (χ2n) is 6.44. The number of hydrogen-bond donors (Lipinski definition) is 0. The van der Waals surface area contributed by atoms with Gasteiger partial charge in [-0.05, 0) is 52.0 Å². The topological polar surface area (TPSA) is 17.1 Å². The first kappa shape index (κ1) is 16.0. The zero-order valence-corrected chi connectivity index (χ0v) is 14.8. The molecule has 0 atom stereocenters. The third kappa shape index (κ3) is 3.14. The van der Waals surface area contributed by atoms with Crippen molar-refractivity contribution in [2.24, 2.45) is 0 Å². The summed E-state index contributed by atoms with van der Waals surface area (Å²) in [7, 11) is -2.60. The summed E-state index contributed by atoms with van der Waals surface area (Å²) in [6.45, 7) is 12.4. The van der Waals surface area contributed by atoms with Gasteiger partial charge in [-0.2, -0.15) is 0 Å². The summed E-state index contributed by atoms with van der Waals surface area (Å²) in [5.74, 6) is 0. The third-order valence-corrected chi connectivity index (χ3v) is 7.41. The largest absolute Gasteiger partial charge is 0.313 e. The molecule has 0 saturated heterocycles. The monoisotopic (exact) mass is 300 g/mol. The Morgan fingerprint density at radius 1 is 0.667 bits per heavy atom. The first-order chi connectivity index (χ1) is 9.73. The molecular formula is C19H25OP. The minimum Gasteiger partial charge on any atom is -0.313 e. The molecule has 0 saturated carbocycles. The lowest BCUT2D eigenvalue weighted by atomic mass is 10.2. The Hall–Kier alpha value is -1.33. The van der Waals surface area contributed by atoms with Gasteiger partial charge in [0, 0.05) is 16.3 Å². The summed E-state index contributed by atoms with van der Waals surface area (Å²) >= 11 is 0. The maximum Gasteiger partial charge on any atom is 0.145 e. The normalized spacial score (nSPS) is 12.0. The average molecular weight is 300 g/mol. The fourth-order valence-electron chi connectivity index (χ4n) is 3.03. The van der Waals surface area contributed by atoms with E-state index in [0.29, 0.717) is 0 Å². The maximum absolute atomic E-state index is 13.9. The van der Waals surface area contributed by atoms with Crippen molar-refractivity contribution in [1.82, 2.24) is 0 Å². The van der Waals surface area contributed by atoms with Crippen LogP contribution in [0, 0.1) is 27.7 Å². The lowest BCUT2D eigenvalue weighted by Gasteiger charge is -2.25. The number of rotatable bonds is 3. The van der Waals surface area contributed by atoms with Crippen LogP contribution in [0.1, 0.15) is 36.1 Å². The molecule has 0 radical (unpaired) electrons. The van der Waals surface area contributed by atoms with Gasteiger partial charge in [-0.3, -0.25) is 0 Å². The fraction of sp³-hybridized carbons (Fsp3) is 0.368. The van der Waals surface area contributed by atoms with Gasteiger partial charge >= 0.3 is 0 Å². The van der Waals surface area contributed by atoms with Gasteiger partial charge in [0.05, 0.1) is 0 Å². The summed E-state index contributed by atoms with van der Waals surface area (Å²) in [6.07, 6.45) is 0. The standard InChI is InChI=1S/C19H25OP/c1-13(2)21(20,18-9-14(3)7-15(4)10-18)19-11-16(5)8-17(6)12-19/h7-13H,1-6H3. The van der Waals surface area contributed by atoms with Gasteiger partial charge in [0.25, 0.3) is 0 Å². The number of hydrogen-bond acceptors (Lipinski definition) is 1. The zero-order valence-electron chi connectivity index (χ0n) is 13.9. The Bertz CT molecular complexity index is 618. The highest BCUT2D eigenvalue weighted by atomic mass is 31.2. The Balaban J connectivity index is 2.73. The van der Waals surface area contributed by atoms with Crippen LogP contribution in [0.3, 0.4) is 0 Å². The van der Waals surface area contributed by atoms with Crippen LogP contribution >= 0.6 is 7.14 Å². The van der Waals surface area contributed by atoms with E-state index in [1.54, 1.807) is 0 Å². The molecule has 0 aliphatic rings. The lowest BCUT2D eigenvalue weighted by Crippen LogP contribution is -2.23. The van der Waals surface area contributed by atoms with E-state index in [4.69, 9.17) is 0 Å². The van der Waals surface area contributed by atoms with Crippen molar-refractivity contribution in [2.45, 2.75) is 47.2 Å². The Kier molecular flexibility index (Phi) is 4.44. The van der Waals surface area contributed by atoms with Crippen molar-refractivity contribution in [2.75, 3.05) is 0 Å². The summed E-state index contributed by atoms with van der Waals surface area (Å²) in [6, 6.07) is 12.6. The van der Waals surface area contributed by atoms with Crippen LogP contribution in [0.15, 0.2) is 36.4 Å². The molecule has 0 fully saturated rings. The van der Waals surface area contributed by atoms with E-state index in [1.165, 1.54) is 22.3 Å². The summed E-state index contributed by atoms with van der Waals surface area (Å²) in [5.41, 5.74) is 4.80. The van der Waals surface area contributed by atoms with E-state index in [0.717, 1.165) is 10.6 Å². The summed E-state index contributed by atoms with van der Waals surface area (Å²) in [5, 5.41) is 1.97. The predicted molar refractivity (Wildman–Crippen MR) is 93.8 cm³/mol. The van der Waals surface area contributed by atoms with Gasteiger partial charge in [-0.25, -0.2) is 0 Å². The molecular weight excluding hydrogens is 275 g/mol. The van der Waals surface area contributed by atoms with Crippen LogP contribution < -0.4 is 10.6 Å². The summed E-state index contributed by atoms with van der Waals surface area (Å²) < 4.78 is 13.9. The second-order valence-corrected chi connectivity index (χ2v) is 9.83. The highest BCUT2D eigenvalue weighted by Crippen LogP contribution is 2.48. The van der Waals surface area contributed by atoms with E-state index in [-0.39, 0.29) is 5.66 Å². The van der Waals surface area contributed by atoms with Gasteiger partial charge in [-0.1, -0.05) is 48.2 Å². The van der Waals surface area contributed by atoms with Crippen molar-refractivity contribution < 1.29 is 4.57 Å². The lowest BCUT2D eigenvalue weighted by molar-refractivity contribution is 0.581. The van der Waals surface area contributed by atoms with Crippen molar-refractivity contribution in [1.29, 1.82) is 0 Å². The van der Waals surface area contributed by atoms with Crippen LogP contribution in [-0.4, -0.2) is 5.66 Å². The maximum atomic E-state index is 13.9. The molecule has 21 heavy (non-hydrogen) atoms. The average Bonchev–Trinajstić information content (AvgIpc) is 2.35. The second kappa shape index (κ2) is 5.81. The highest BCUT2D eigenvalue weighted by Gasteiger charge is 2.31. The Morgan fingerprint density at radius 2 is 0.952 bits per heavy atom. The Labute approximate surface area is 128 Å². The van der Waals surface area contributed by atoms with Crippen molar-refractivity contribution in [3.63, 3.8) is 0 Å². The van der Waals surface area contributed by atoms with Gasteiger partial charge in [0.1, 0.15) is 7.14 Å². The van der Waals surface area contributed by atoms with Crippen LogP contribution in [0.5, 0.6) is 0 Å². The smallest absolute Gasteiger partial charge is 0.145 e. The van der Waals surface area contributed by atoms with Gasteiger partial charge in [0.2, 0.25) is 0 Å².